The van der Waals surface area contributed by atoms with Gasteiger partial charge in [-0.15, -0.1) is 11.3 Å². The number of nitrogens with zero attached hydrogens (tertiary/aromatic N) is 4. The Morgan fingerprint density at radius 3 is 1.28 bits per heavy atom. The van der Waals surface area contributed by atoms with Crippen LogP contribution in [0.2, 0.25) is 0 Å². The molecule has 4 aromatic heterocycles. The molecule has 0 N–H and O–H groups in total. The van der Waals surface area contributed by atoms with Gasteiger partial charge in [0.15, 0.2) is 17.5 Å². The zero-order chi connectivity index (χ0) is 49.4. The average molecular weight is 975 g/mol. The van der Waals surface area contributed by atoms with E-state index in [2.05, 4.69) is 217 Å². The van der Waals surface area contributed by atoms with Gasteiger partial charge in [0, 0.05) is 69.5 Å². The molecule has 0 saturated carbocycles. The maximum absolute atomic E-state index is 6.44. The summed E-state index contributed by atoms with van der Waals surface area (Å²) in [6.07, 6.45) is 0. The van der Waals surface area contributed by atoms with Crippen LogP contribution in [-0.4, -0.2) is 19.5 Å². The van der Waals surface area contributed by atoms with Gasteiger partial charge >= 0.3 is 0 Å². The number of benzene rings is 11. The van der Waals surface area contributed by atoms with Crippen LogP contribution in [-0.2, 0) is 0 Å². The Morgan fingerprint density at radius 2 is 0.720 bits per heavy atom. The third-order valence-electron chi connectivity index (χ3n) is 14.7. The minimum Gasteiger partial charge on any atom is -0.456 e. The van der Waals surface area contributed by atoms with E-state index in [1.165, 1.54) is 47.5 Å². The number of rotatable bonds is 8. The third kappa shape index (κ3) is 7.18. The second-order valence-electron chi connectivity index (χ2n) is 19.0. The molecule has 0 unspecified atom stereocenters. The summed E-state index contributed by atoms with van der Waals surface area (Å²) in [5.41, 5.74) is 16.7. The highest BCUT2D eigenvalue weighted by Gasteiger charge is 2.26. The van der Waals surface area contributed by atoms with Gasteiger partial charge in [-0.2, -0.15) is 0 Å². The summed E-state index contributed by atoms with van der Waals surface area (Å²) in [4.78, 5) is 15.8. The van der Waals surface area contributed by atoms with Crippen molar-refractivity contribution in [3.63, 3.8) is 0 Å². The van der Waals surface area contributed by atoms with E-state index in [-0.39, 0.29) is 0 Å². The number of hydrogen-bond acceptors (Lipinski definition) is 5. The summed E-state index contributed by atoms with van der Waals surface area (Å²) < 4.78 is 11.4. The third-order valence-corrected chi connectivity index (χ3v) is 15.9. The van der Waals surface area contributed by atoms with Crippen molar-refractivity contribution in [3.05, 3.63) is 255 Å². The molecule has 350 valence electrons. The van der Waals surface area contributed by atoms with Crippen molar-refractivity contribution < 1.29 is 4.42 Å². The van der Waals surface area contributed by atoms with E-state index >= 15 is 0 Å². The monoisotopic (exact) mass is 974 g/mol. The molecule has 15 rings (SSSR count). The molecule has 5 nitrogen and oxygen atoms in total. The summed E-state index contributed by atoms with van der Waals surface area (Å²) in [7, 11) is 0. The molecule has 0 fully saturated rings. The van der Waals surface area contributed by atoms with Crippen LogP contribution >= 0.6 is 11.3 Å². The zero-order valence-corrected chi connectivity index (χ0v) is 41.2. The number of hydrogen-bond donors (Lipinski definition) is 0. The molecule has 0 saturated heterocycles. The van der Waals surface area contributed by atoms with Crippen molar-refractivity contribution in [2.75, 3.05) is 0 Å². The Bertz CT molecular complexity index is 4500. The highest BCUT2D eigenvalue weighted by molar-refractivity contribution is 7.27. The molecular weight excluding hydrogens is 933 g/mol. The van der Waals surface area contributed by atoms with Crippen molar-refractivity contribution in [1.29, 1.82) is 0 Å². The number of aromatic nitrogens is 4. The maximum Gasteiger partial charge on any atom is 0.164 e. The Labute approximate surface area is 435 Å². The summed E-state index contributed by atoms with van der Waals surface area (Å²) in [5, 5.41) is 7.19. The molecule has 0 atom stereocenters. The summed E-state index contributed by atoms with van der Waals surface area (Å²) in [6.45, 7) is 0. The first-order valence-corrected chi connectivity index (χ1v) is 26.1. The van der Waals surface area contributed by atoms with Crippen LogP contribution in [0.3, 0.4) is 0 Å². The minimum absolute atomic E-state index is 0.589. The Hall–Kier alpha value is -9.75. The predicted molar refractivity (Wildman–Crippen MR) is 312 cm³/mol. The van der Waals surface area contributed by atoms with Crippen LogP contribution in [0.25, 0.3) is 148 Å². The molecule has 15 aromatic rings. The quantitative estimate of drug-likeness (QED) is 0.152. The van der Waals surface area contributed by atoms with E-state index in [1.54, 1.807) is 0 Å². The van der Waals surface area contributed by atoms with Gasteiger partial charge < -0.3 is 8.98 Å². The lowest BCUT2D eigenvalue weighted by molar-refractivity contribution is 0.669. The predicted octanol–water partition coefficient (Wildman–Crippen LogP) is 18.9. The van der Waals surface area contributed by atoms with E-state index < -0.39 is 0 Å². The normalized spacial score (nSPS) is 11.7. The second-order valence-corrected chi connectivity index (χ2v) is 20.1. The molecule has 4 heterocycles. The molecule has 0 aliphatic carbocycles. The first-order valence-electron chi connectivity index (χ1n) is 25.2. The van der Waals surface area contributed by atoms with Crippen LogP contribution < -0.4 is 0 Å². The topological polar surface area (TPSA) is 56.7 Å². The van der Waals surface area contributed by atoms with Gasteiger partial charge in [0.25, 0.3) is 0 Å². The van der Waals surface area contributed by atoms with Crippen LogP contribution in [0.1, 0.15) is 0 Å². The van der Waals surface area contributed by atoms with Gasteiger partial charge in [0.05, 0.1) is 16.7 Å². The van der Waals surface area contributed by atoms with Gasteiger partial charge in [-0.1, -0.05) is 212 Å². The molecule has 0 aliphatic rings. The molecular formula is C69H42N4OS. The lowest BCUT2D eigenvalue weighted by atomic mass is 9.91. The first-order chi connectivity index (χ1) is 37.2. The minimum atomic E-state index is 0.589. The molecule has 0 radical (unpaired) electrons. The standard InChI is InChI=1S/C69H42N4OS/c1-5-17-43(18-6-1)45-29-33-47(34-30-45)56-41-51(69-71-67(49-21-9-3-10-22-49)70-68(72-69)50-23-11-4-12-24-50)42-57(48-35-31-46(32-36-48)44-19-7-2-8-20-44)64(56)73-58-27-15-13-25-54(58)62-59(73)39-37-52-53-38-40-61-63(66(53)75-65(52)62)55-26-14-16-28-60(55)74-61/h1-42H. The molecule has 11 aromatic carbocycles. The van der Waals surface area contributed by atoms with Gasteiger partial charge in [-0.05, 0) is 75.8 Å². The fraction of sp³-hybridized carbons (Fsp3) is 0. The highest BCUT2D eigenvalue weighted by Crippen LogP contribution is 2.49. The number of fused-ring (bicyclic) bond motifs is 11. The number of thiophene rings is 1. The first kappa shape index (κ1) is 42.9. The van der Waals surface area contributed by atoms with E-state index in [0.717, 1.165) is 83.3 Å². The Kier molecular flexibility index (Phi) is 10.00. The number of para-hydroxylation sites is 2. The average Bonchev–Trinajstić information content (AvgIpc) is 4.18. The van der Waals surface area contributed by atoms with Gasteiger partial charge in [-0.3, -0.25) is 0 Å². The lowest BCUT2D eigenvalue weighted by Crippen LogP contribution is -2.04. The van der Waals surface area contributed by atoms with Crippen LogP contribution in [0.4, 0.5) is 0 Å². The smallest absolute Gasteiger partial charge is 0.164 e. The SMILES string of the molecule is c1ccc(-c2ccc(-c3cc(-c4nc(-c5ccccc5)nc(-c5ccccc5)n4)cc(-c4ccc(-c5ccccc5)cc4)c3-n3c4ccccc4c4c5sc6c(ccc7oc8ccccc8c76)c5ccc43)cc2)cc1. The van der Waals surface area contributed by atoms with E-state index in [0.29, 0.717) is 17.5 Å². The van der Waals surface area contributed by atoms with E-state index in [9.17, 15) is 0 Å². The largest absolute Gasteiger partial charge is 0.456 e. The van der Waals surface area contributed by atoms with Gasteiger partial charge in [0.2, 0.25) is 0 Å². The second kappa shape index (κ2) is 17.5. The summed E-state index contributed by atoms with van der Waals surface area (Å²) in [6, 6.07) is 90.6. The molecule has 6 heteroatoms. The summed E-state index contributed by atoms with van der Waals surface area (Å²) in [5.74, 6) is 1.81. The van der Waals surface area contributed by atoms with Crippen molar-refractivity contribution >= 4 is 75.3 Å². The van der Waals surface area contributed by atoms with Crippen molar-refractivity contribution in [1.82, 2.24) is 19.5 Å². The van der Waals surface area contributed by atoms with E-state index in [1.807, 2.05) is 53.8 Å². The highest BCUT2D eigenvalue weighted by atomic mass is 32.1. The van der Waals surface area contributed by atoms with Crippen molar-refractivity contribution in [2.45, 2.75) is 0 Å². The Balaban J connectivity index is 1.05. The fourth-order valence-electron chi connectivity index (χ4n) is 11.1. The van der Waals surface area contributed by atoms with Gasteiger partial charge in [-0.25, -0.2) is 15.0 Å². The molecule has 0 spiro atoms. The fourth-order valence-corrected chi connectivity index (χ4v) is 12.5. The van der Waals surface area contributed by atoms with Crippen LogP contribution in [0, 0.1) is 0 Å². The molecule has 0 bridgehead atoms. The van der Waals surface area contributed by atoms with Crippen molar-refractivity contribution in [2.24, 2.45) is 0 Å². The van der Waals surface area contributed by atoms with E-state index in [4.69, 9.17) is 19.4 Å². The van der Waals surface area contributed by atoms with Crippen molar-refractivity contribution in [3.8, 4) is 84.4 Å². The molecule has 0 aliphatic heterocycles. The molecule has 75 heavy (non-hydrogen) atoms. The van der Waals surface area contributed by atoms with Gasteiger partial charge in [0.1, 0.15) is 11.2 Å². The number of furan rings is 1. The molecule has 0 amide bonds. The maximum atomic E-state index is 6.44. The lowest BCUT2D eigenvalue weighted by Gasteiger charge is -2.21. The van der Waals surface area contributed by atoms with Crippen LogP contribution in [0.5, 0.6) is 0 Å². The summed E-state index contributed by atoms with van der Waals surface area (Å²) >= 11 is 1.87. The zero-order valence-electron chi connectivity index (χ0n) is 40.4. The Morgan fingerprint density at radius 1 is 0.293 bits per heavy atom. The van der Waals surface area contributed by atoms with Crippen LogP contribution in [0.15, 0.2) is 259 Å².